The Morgan fingerprint density at radius 2 is 2.06 bits per heavy atom. The molecule has 0 saturated carbocycles. The van der Waals surface area contributed by atoms with Crippen LogP contribution in [0.5, 0.6) is 0 Å². The van der Waals surface area contributed by atoms with Crippen molar-refractivity contribution in [1.82, 2.24) is 30.1 Å². The van der Waals surface area contributed by atoms with Crippen LogP contribution in [-0.2, 0) is 4.74 Å². The molecule has 154 valence electrons. The molecule has 8 heteroatoms. The summed E-state index contributed by atoms with van der Waals surface area (Å²) in [5, 5.41) is 11.3. The number of nitrogens with zero attached hydrogens (tertiary/aromatic N) is 5. The second kappa shape index (κ2) is 8.13. The van der Waals surface area contributed by atoms with Crippen molar-refractivity contribution in [2.75, 3.05) is 18.5 Å². The summed E-state index contributed by atoms with van der Waals surface area (Å²) < 4.78 is 5.81. The third-order valence-electron chi connectivity index (χ3n) is 5.24. The van der Waals surface area contributed by atoms with Gasteiger partial charge in [0.2, 0.25) is 5.95 Å². The molecule has 1 atom stereocenters. The van der Waals surface area contributed by atoms with Gasteiger partial charge in [-0.05, 0) is 56.0 Å². The molecule has 2 N–H and O–H groups in total. The summed E-state index contributed by atoms with van der Waals surface area (Å²) in [6.45, 7) is 3.56. The summed E-state index contributed by atoms with van der Waals surface area (Å²) in [6.07, 6.45) is 7.27. The van der Waals surface area contributed by atoms with Crippen LogP contribution < -0.4 is 5.32 Å². The van der Waals surface area contributed by atoms with E-state index in [0.717, 1.165) is 35.9 Å². The first-order valence-corrected chi connectivity index (χ1v) is 10.2. The molecule has 1 aromatic carbocycles. The molecule has 1 fully saturated rings. The number of nitrogens with one attached hydrogen (secondary N) is 2. The summed E-state index contributed by atoms with van der Waals surface area (Å²) in [6, 6.07) is 9.48. The average molecular weight is 411 g/mol. The van der Waals surface area contributed by atoms with E-state index in [1.54, 1.807) is 30.7 Å². The van der Waals surface area contributed by atoms with E-state index in [2.05, 4.69) is 54.2 Å². The number of H-pyrrole nitrogens is 1. The van der Waals surface area contributed by atoms with Crippen molar-refractivity contribution in [3.63, 3.8) is 0 Å². The second-order valence-electron chi connectivity index (χ2n) is 7.71. The lowest BCUT2D eigenvalue weighted by molar-refractivity contribution is 0.0314. The minimum atomic E-state index is -0.176. The standard InChI is InChI=1S/C23H21N7O/c1-23(9-2-12-31-23)15-26-22-25-11-8-20(29-22)21-24-10-7-18(28-21)5-3-16-4-6-19-17(13-16)14-27-30-19/h4,6-8,10-11,13-14H,2,9,12,15H2,1H3,(H,27,30)(H,25,26,29). The highest BCUT2D eigenvalue weighted by atomic mass is 16.5. The first-order valence-electron chi connectivity index (χ1n) is 10.2. The molecule has 0 radical (unpaired) electrons. The molecule has 5 rings (SSSR count). The Labute approximate surface area is 179 Å². The van der Waals surface area contributed by atoms with Crippen LogP contribution in [0.2, 0.25) is 0 Å². The van der Waals surface area contributed by atoms with Crippen molar-refractivity contribution in [3.05, 3.63) is 60.2 Å². The van der Waals surface area contributed by atoms with Gasteiger partial charge < -0.3 is 10.1 Å². The van der Waals surface area contributed by atoms with E-state index >= 15 is 0 Å². The molecule has 31 heavy (non-hydrogen) atoms. The number of benzene rings is 1. The predicted molar refractivity (Wildman–Crippen MR) is 117 cm³/mol. The Bertz CT molecular complexity index is 1280. The maximum atomic E-state index is 5.81. The van der Waals surface area contributed by atoms with Crippen LogP contribution in [0.4, 0.5) is 5.95 Å². The Kier molecular flexibility index (Phi) is 5.02. The molecule has 0 aliphatic carbocycles. The molecule has 1 unspecified atom stereocenters. The molecule has 8 nitrogen and oxygen atoms in total. The van der Waals surface area contributed by atoms with Gasteiger partial charge in [0, 0.05) is 36.5 Å². The molecule has 1 aliphatic rings. The quantitative estimate of drug-likeness (QED) is 0.497. The third-order valence-corrected chi connectivity index (χ3v) is 5.24. The van der Waals surface area contributed by atoms with Crippen molar-refractivity contribution in [2.45, 2.75) is 25.4 Å². The van der Waals surface area contributed by atoms with Gasteiger partial charge >= 0.3 is 0 Å². The molecule has 1 aliphatic heterocycles. The fourth-order valence-corrected chi connectivity index (χ4v) is 3.52. The van der Waals surface area contributed by atoms with Gasteiger partial charge in [-0.3, -0.25) is 5.10 Å². The summed E-state index contributed by atoms with van der Waals surface area (Å²) in [5.41, 5.74) is 2.96. The van der Waals surface area contributed by atoms with Crippen LogP contribution in [0, 0.1) is 11.8 Å². The summed E-state index contributed by atoms with van der Waals surface area (Å²) in [4.78, 5) is 17.8. The van der Waals surface area contributed by atoms with Gasteiger partial charge in [0.05, 0.1) is 17.3 Å². The van der Waals surface area contributed by atoms with Crippen molar-refractivity contribution in [1.29, 1.82) is 0 Å². The molecule has 0 bridgehead atoms. The topological polar surface area (TPSA) is 102 Å². The number of anilines is 1. The molecule has 4 heterocycles. The molecular formula is C23H21N7O. The Hall–Kier alpha value is -3.83. The molecule has 3 aromatic heterocycles. The first kappa shape index (κ1) is 19.2. The largest absolute Gasteiger partial charge is 0.373 e. The van der Waals surface area contributed by atoms with Gasteiger partial charge in [-0.2, -0.15) is 5.10 Å². The minimum Gasteiger partial charge on any atom is -0.373 e. The number of rotatable bonds is 4. The van der Waals surface area contributed by atoms with Crippen LogP contribution in [0.1, 0.15) is 31.0 Å². The number of fused-ring (bicyclic) bond motifs is 1. The number of hydrogen-bond acceptors (Lipinski definition) is 7. The lowest BCUT2D eigenvalue weighted by Gasteiger charge is -2.23. The van der Waals surface area contributed by atoms with Gasteiger partial charge in [0.15, 0.2) is 5.82 Å². The summed E-state index contributed by atoms with van der Waals surface area (Å²) >= 11 is 0. The van der Waals surface area contributed by atoms with E-state index in [4.69, 9.17) is 4.74 Å². The number of aromatic amines is 1. The van der Waals surface area contributed by atoms with Gasteiger partial charge in [-0.15, -0.1) is 0 Å². The zero-order chi connectivity index (χ0) is 21.1. The van der Waals surface area contributed by atoms with Crippen LogP contribution in [-0.4, -0.2) is 48.9 Å². The lowest BCUT2D eigenvalue weighted by atomic mass is 10.0. The Balaban J connectivity index is 1.34. The van der Waals surface area contributed by atoms with Crippen molar-refractivity contribution in [2.24, 2.45) is 0 Å². The highest BCUT2D eigenvalue weighted by Gasteiger charge is 2.29. The zero-order valence-corrected chi connectivity index (χ0v) is 17.1. The Morgan fingerprint density at radius 3 is 2.97 bits per heavy atom. The van der Waals surface area contributed by atoms with Crippen LogP contribution >= 0.6 is 0 Å². The zero-order valence-electron chi connectivity index (χ0n) is 17.1. The maximum Gasteiger partial charge on any atom is 0.223 e. The SMILES string of the molecule is CC1(CNc2nccc(-c3nccc(C#Cc4ccc5[nH]ncc5c4)n3)n2)CCCO1. The van der Waals surface area contributed by atoms with Crippen LogP contribution in [0.3, 0.4) is 0 Å². The smallest absolute Gasteiger partial charge is 0.223 e. The van der Waals surface area contributed by atoms with Gasteiger partial charge in [-0.25, -0.2) is 19.9 Å². The number of ether oxygens (including phenoxy) is 1. The minimum absolute atomic E-state index is 0.176. The summed E-state index contributed by atoms with van der Waals surface area (Å²) in [5.74, 6) is 7.29. The van der Waals surface area contributed by atoms with E-state index in [-0.39, 0.29) is 5.60 Å². The van der Waals surface area contributed by atoms with Gasteiger partial charge in [-0.1, -0.05) is 5.92 Å². The van der Waals surface area contributed by atoms with E-state index in [1.165, 1.54) is 0 Å². The highest BCUT2D eigenvalue weighted by molar-refractivity contribution is 5.79. The normalized spacial score (nSPS) is 18.0. The van der Waals surface area contributed by atoms with Gasteiger partial charge in [0.1, 0.15) is 11.4 Å². The van der Waals surface area contributed by atoms with E-state index in [9.17, 15) is 0 Å². The molecule has 0 amide bonds. The van der Waals surface area contributed by atoms with E-state index in [1.807, 2.05) is 18.2 Å². The maximum absolute atomic E-state index is 5.81. The molecule has 1 saturated heterocycles. The summed E-state index contributed by atoms with van der Waals surface area (Å²) in [7, 11) is 0. The third kappa shape index (κ3) is 4.37. The lowest BCUT2D eigenvalue weighted by Crippen LogP contribution is -2.33. The predicted octanol–water partition coefficient (Wildman–Crippen LogP) is 3.19. The Morgan fingerprint density at radius 1 is 1.13 bits per heavy atom. The monoisotopic (exact) mass is 411 g/mol. The molecule has 0 spiro atoms. The average Bonchev–Trinajstić information content (AvgIpc) is 3.46. The first-order chi connectivity index (χ1) is 15.2. The molecule has 4 aromatic rings. The number of aromatic nitrogens is 6. The van der Waals surface area contributed by atoms with Crippen LogP contribution in [0.25, 0.3) is 22.4 Å². The fourth-order valence-electron chi connectivity index (χ4n) is 3.52. The van der Waals surface area contributed by atoms with Gasteiger partial charge in [0.25, 0.3) is 0 Å². The number of hydrogen-bond donors (Lipinski definition) is 2. The fraction of sp³-hybridized carbons (Fsp3) is 0.261. The highest BCUT2D eigenvalue weighted by Crippen LogP contribution is 2.25. The van der Waals surface area contributed by atoms with Crippen molar-refractivity contribution < 1.29 is 4.74 Å². The van der Waals surface area contributed by atoms with Crippen molar-refractivity contribution >= 4 is 16.9 Å². The van der Waals surface area contributed by atoms with E-state index in [0.29, 0.717) is 29.7 Å². The molecular weight excluding hydrogens is 390 g/mol. The van der Waals surface area contributed by atoms with E-state index < -0.39 is 0 Å². The van der Waals surface area contributed by atoms with Crippen LogP contribution in [0.15, 0.2) is 48.9 Å². The van der Waals surface area contributed by atoms with Crippen molar-refractivity contribution in [3.8, 4) is 23.4 Å². The second-order valence-corrected chi connectivity index (χ2v) is 7.71.